The Morgan fingerprint density at radius 1 is 0.857 bits per heavy atom. The van der Waals surface area contributed by atoms with Crippen LogP contribution in [0.5, 0.6) is 0 Å². The van der Waals surface area contributed by atoms with Crippen molar-refractivity contribution in [2.24, 2.45) is 0 Å². The number of halogens is 2. The number of amides is 2. The minimum atomic E-state index is -4.23. The lowest BCUT2D eigenvalue weighted by molar-refractivity contribution is -0.139. The molecule has 1 N–H and O–H groups in total. The summed E-state index contributed by atoms with van der Waals surface area (Å²) in [6.07, 6.45) is 0.176. The first kappa shape index (κ1) is 30.7. The normalized spacial score (nSPS) is 11.9. The number of hydrogen-bond donors (Lipinski definition) is 1. The molecule has 0 aliphatic rings. The van der Waals surface area contributed by atoms with Crippen molar-refractivity contribution in [3.63, 3.8) is 0 Å². The van der Waals surface area contributed by atoms with Crippen LogP contribution in [0.4, 0.5) is 10.1 Å². The molecule has 2 amide bonds. The summed E-state index contributed by atoms with van der Waals surface area (Å²) in [5.74, 6) is -1.49. The second-order valence-electron chi connectivity index (χ2n) is 9.68. The van der Waals surface area contributed by atoms with Gasteiger partial charge in [0.2, 0.25) is 11.8 Å². The minimum Gasteiger partial charge on any atom is -0.357 e. The molecular weight excluding hydrogens is 577 g/mol. The molecule has 0 aliphatic heterocycles. The molecule has 0 heterocycles. The van der Waals surface area contributed by atoms with Gasteiger partial charge in [-0.3, -0.25) is 13.9 Å². The first-order valence-corrected chi connectivity index (χ1v) is 15.1. The summed E-state index contributed by atoms with van der Waals surface area (Å²) in [5, 5.41) is 2.97. The van der Waals surface area contributed by atoms with Gasteiger partial charge in [-0.15, -0.1) is 0 Å². The van der Waals surface area contributed by atoms with Gasteiger partial charge < -0.3 is 10.2 Å². The summed E-state index contributed by atoms with van der Waals surface area (Å²) in [7, 11) is -2.76. The third-order valence-corrected chi connectivity index (χ3v) is 9.08. The SMILES string of the molecule is CNC(=O)[C@@H](Cc1ccccc1)N(Cc1ccc(F)cc1)C(=O)CN(c1cccc(Cl)c1C)S(=O)(=O)c1ccccc1. The van der Waals surface area contributed by atoms with Gasteiger partial charge in [-0.05, 0) is 60.0 Å². The molecule has 4 aromatic carbocycles. The highest BCUT2D eigenvalue weighted by molar-refractivity contribution is 7.92. The lowest BCUT2D eigenvalue weighted by Crippen LogP contribution is -2.53. The van der Waals surface area contributed by atoms with Crippen molar-refractivity contribution in [3.05, 3.63) is 131 Å². The highest BCUT2D eigenvalue weighted by Gasteiger charge is 2.35. The summed E-state index contributed by atoms with van der Waals surface area (Å²) >= 11 is 6.37. The van der Waals surface area contributed by atoms with Crippen molar-refractivity contribution in [1.29, 1.82) is 0 Å². The highest BCUT2D eigenvalue weighted by atomic mass is 35.5. The molecule has 218 valence electrons. The van der Waals surface area contributed by atoms with Crippen molar-refractivity contribution >= 4 is 39.1 Å². The number of rotatable bonds is 11. The Balaban J connectivity index is 1.81. The maximum Gasteiger partial charge on any atom is 0.264 e. The fourth-order valence-electron chi connectivity index (χ4n) is 4.61. The average Bonchev–Trinajstić information content (AvgIpc) is 3.00. The topological polar surface area (TPSA) is 86.8 Å². The van der Waals surface area contributed by atoms with E-state index in [1.807, 2.05) is 30.3 Å². The molecule has 0 saturated heterocycles. The number of hydrogen-bond acceptors (Lipinski definition) is 4. The number of nitrogens with zero attached hydrogens (tertiary/aromatic N) is 2. The molecule has 0 saturated carbocycles. The van der Waals surface area contributed by atoms with Crippen molar-refractivity contribution < 1.29 is 22.4 Å². The molecule has 0 spiro atoms. The second kappa shape index (κ2) is 13.6. The largest absolute Gasteiger partial charge is 0.357 e. The van der Waals surface area contributed by atoms with Crippen LogP contribution in [0.25, 0.3) is 0 Å². The van der Waals surface area contributed by atoms with Crippen LogP contribution in [0.15, 0.2) is 108 Å². The predicted octanol–water partition coefficient (Wildman–Crippen LogP) is 5.37. The molecule has 0 bridgehead atoms. The molecule has 0 radical (unpaired) electrons. The van der Waals surface area contributed by atoms with Crippen molar-refractivity contribution in [1.82, 2.24) is 10.2 Å². The van der Waals surface area contributed by atoms with Gasteiger partial charge in [-0.25, -0.2) is 12.8 Å². The van der Waals surface area contributed by atoms with Gasteiger partial charge in [0.25, 0.3) is 10.0 Å². The quantitative estimate of drug-likeness (QED) is 0.248. The first-order chi connectivity index (χ1) is 20.1. The van der Waals surface area contributed by atoms with E-state index < -0.39 is 40.2 Å². The monoisotopic (exact) mass is 607 g/mol. The fourth-order valence-corrected chi connectivity index (χ4v) is 6.27. The van der Waals surface area contributed by atoms with E-state index in [9.17, 15) is 22.4 Å². The number of anilines is 1. The number of benzene rings is 4. The van der Waals surface area contributed by atoms with E-state index in [0.29, 0.717) is 16.1 Å². The van der Waals surface area contributed by atoms with Gasteiger partial charge in [-0.1, -0.05) is 78.3 Å². The third kappa shape index (κ3) is 7.16. The summed E-state index contributed by atoms with van der Waals surface area (Å²) in [6, 6.07) is 26.4. The van der Waals surface area contributed by atoms with Crippen LogP contribution in [0, 0.1) is 12.7 Å². The van der Waals surface area contributed by atoms with Crippen LogP contribution in [-0.2, 0) is 32.6 Å². The lowest BCUT2D eigenvalue weighted by Gasteiger charge is -2.34. The van der Waals surface area contributed by atoms with Crippen LogP contribution in [-0.4, -0.2) is 44.8 Å². The zero-order chi connectivity index (χ0) is 30.3. The third-order valence-electron chi connectivity index (χ3n) is 6.90. The molecule has 4 rings (SSSR count). The number of likely N-dealkylation sites (N-methyl/N-ethyl adjacent to an activating group) is 1. The zero-order valence-corrected chi connectivity index (χ0v) is 24.8. The summed E-state index contributed by atoms with van der Waals surface area (Å²) in [4.78, 5) is 28.9. The van der Waals surface area contributed by atoms with Gasteiger partial charge in [0.15, 0.2) is 0 Å². The van der Waals surface area contributed by atoms with E-state index in [0.717, 1.165) is 9.87 Å². The Morgan fingerprint density at radius 3 is 2.10 bits per heavy atom. The standard InChI is InChI=1S/C32H31ClFN3O4S/c1-23-28(33)14-9-15-29(23)37(42(40,41)27-12-7-4-8-13-27)22-31(38)36(21-25-16-18-26(34)19-17-25)30(32(39)35-2)20-24-10-5-3-6-11-24/h3-19,30H,20-22H2,1-2H3,(H,35,39)/t30-/m1/s1. The van der Waals surface area contributed by atoms with Crippen LogP contribution < -0.4 is 9.62 Å². The van der Waals surface area contributed by atoms with E-state index in [1.165, 1.54) is 48.3 Å². The highest BCUT2D eigenvalue weighted by Crippen LogP contribution is 2.31. The van der Waals surface area contributed by atoms with Gasteiger partial charge in [-0.2, -0.15) is 0 Å². The fraction of sp³-hybridized carbons (Fsp3) is 0.188. The zero-order valence-electron chi connectivity index (χ0n) is 23.2. The Bertz CT molecular complexity index is 1640. The molecule has 0 aliphatic carbocycles. The number of nitrogens with one attached hydrogen (secondary N) is 1. The van der Waals surface area contributed by atoms with Crippen LogP contribution in [0.2, 0.25) is 5.02 Å². The smallest absolute Gasteiger partial charge is 0.264 e. The second-order valence-corrected chi connectivity index (χ2v) is 11.9. The van der Waals surface area contributed by atoms with E-state index in [2.05, 4.69) is 5.32 Å². The van der Waals surface area contributed by atoms with Gasteiger partial charge in [0.05, 0.1) is 10.6 Å². The summed E-state index contributed by atoms with van der Waals surface area (Å²) < 4.78 is 42.7. The average molecular weight is 608 g/mol. The molecule has 42 heavy (non-hydrogen) atoms. The Hall–Kier alpha value is -4.21. The molecule has 1 atom stereocenters. The van der Waals surface area contributed by atoms with E-state index in [-0.39, 0.29) is 23.5 Å². The van der Waals surface area contributed by atoms with Crippen molar-refractivity contribution in [2.75, 3.05) is 17.9 Å². The number of sulfonamides is 1. The molecule has 7 nitrogen and oxygen atoms in total. The van der Waals surface area contributed by atoms with Crippen molar-refractivity contribution in [3.8, 4) is 0 Å². The predicted molar refractivity (Wildman–Crippen MR) is 162 cm³/mol. The Kier molecular flexibility index (Phi) is 9.98. The Morgan fingerprint density at radius 2 is 1.48 bits per heavy atom. The molecule has 0 unspecified atom stereocenters. The first-order valence-electron chi connectivity index (χ1n) is 13.2. The summed E-state index contributed by atoms with van der Waals surface area (Å²) in [6.45, 7) is 1.01. The van der Waals surface area contributed by atoms with E-state index in [4.69, 9.17) is 11.6 Å². The lowest BCUT2D eigenvalue weighted by atomic mass is 10.0. The number of carbonyl (C=O) groups excluding carboxylic acids is 2. The summed E-state index contributed by atoms with van der Waals surface area (Å²) in [5.41, 5.74) is 2.09. The molecule has 0 aromatic heterocycles. The van der Waals surface area contributed by atoms with Crippen LogP contribution >= 0.6 is 11.6 Å². The van der Waals surface area contributed by atoms with Gasteiger partial charge in [0.1, 0.15) is 18.4 Å². The maximum atomic E-state index is 14.3. The van der Waals surface area contributed by atoms with Gasteiger partial charge in [0, 0.05) is 25.0 Å². The molecule has 4 aromatic rings. The Labute approximate surface area is 250 Å². The molecule has 0 fully saturated rings. The van der Waals surface area contributed by atoms with E-state index in [1.54, 1.807) is 43.3 Å². The molecular formula is C32H31ClFN3O4S. The van der Waals surface area contributed by atoms with Crippen LogP contribution in [0.3, 0.4) is 0 Å². The van der Waals surface area contributed by atoms with Crippen LogP contribution in [0.1, 0.15) is 16.7 Å². The van der Waals surface area contributed by atoms with Gasteiger partial charge >= 0.3 is 0 Å². The minimum absolute atomic E-state index is 0.00519. The van der Waals surface area contributed by atoms with E-state index >= 15 is 0 Å². The van der Waals surface area contributed by atoms with Crippen molar-refractivity contribution in [2.45, 2.75) is 30.8 Å². The molecule has 10 heteroatoms. The maximum absolute atomic E-state index is 14.3. The number of carbonyl (C=O) groups is 2.